The molecule has 2 unspecified atom stereocenters. The average Bonchev–Trinajstić information content (AvgIpc) is 2.34. The van der Waals surface area contributed by atoms with Gasteiger partial charge in [-0.25, -0.2) is 4.79 Å². The standard InChI is InChI=1S/C11H10I3NO6/c1-2-3(16)21-10(19)5-7(13)8(15)6(12)4(9(17)18)11(5,14)20/h5,20H,2,15H2,1H3,(H,17,18). The van der Waals surface area contributed by atoms with Crippen LogP contribution < -0.4 is 5.73 Å². The van der Waals surface area contributed by atoms with E-state index in [9.17, 15) is 24.6 Å². The SMILES string of the molecule is CCC(=O)OC(=O)C1C(I)=C(N)C(I)=C(C(=O)O)C1(O)I. The molecule has 0 amide bonds. The third-order valence-electron chi connectivity index (χ3n) is 2.65. The van der Waals surface area contributed by atoms with E-state index in [-0.39, 0.29) is 19.3 Å². The molecule has 0 aromatic heterocycles. The smallest absolute Gasteiger partial charge is 0.336 e. The number of halogens is 3. The zero-order chi connectivity index (χ0) is 16.5. The molecule has 0 aliphatic heterocycles. The zero-order valence-corrected chi connectivity index (χ0v) is 17.0. The van der Waals surface area contributed by atoms with E-state index in [1.54, 1.807) is 45.2 Å². The number of carbonyl (C=O) groups is 3. The number of aliphatic carboxylic acids is 1. The minimum Gasteiger partial charge on any atom is -0.478 e. The average molecular weight is 633 g/mol. The lowest BCUT2D eigenvalue weighted by molar-refractivity contribution is -0.163. The van der Waals surface area contributed by atoms with Crippen molar-refractivity contribution in [3.05, 3.63) is 18.4 Å². The van der Waals surface area contributed by atoms with E-state index in [2.05, 4.69) is 4.74 Å². The Morgan fingerprint density at radius 1 is 1.38 bits per heavy atom. The van der Waals surface area contributed by atoms with Gasteiger partial charge < -0.3 is 20.7 Å². The second kappa shape index (κ2) is 7.08. The van der Waals surface area contributed by atoms with Gasteiger partial charge in [0.05, 0.1) is 14.8 Å². The molecular formula is C11H10I3NO6. The number of hydrogen-bond acceptors (Lipinski definition) is 6. The van der Waals surface area contributed by atoms with Crippen molar-refractivity contribution in [2.75, 3.05) is 0 Å². The van der Waals surface area contributed by atoms with Crippen molar-refractivity contribution in [1.82, 2.24) is 0 Å². The fourth-order valence-electron chi connectivity index (χ4n) is 1.61. The molecule has 0 saturated carbocycles. The lowest BCUT2D eigenvalue weighted by Crippen LogP contribution is -2.46. The van der Waals surface area contributed by atoms with E-state index in [4.69, 9.17) is 5.73 Å². The van der Waals surface area contributed by atoms with Crippen molar-refractivity contribution in [2.45, 2.75) is 17.0 Å². The molecule has 0 saturated heterocycles. The highest BCUT2D eigenvalue weighted by Gasteiger charge is 2.53. The first kappa shape index (κ1) is 19.1. The maximum atomic E-state index is 12.1. The number of alkyl halides is 1. The largest absolute Gasteiger partial charge is 0.478 e. The summed E-state index contributed by atoms with van der Waals surface area (Å²) in [6.07, 6.45) is -0.0208. The topological polar surface area (TPSA) is 127 Å². The molecule has 7 nitrogen and oxygen atoms in total. The monoisotopic (exact) mass is 633 g/mol. The highest BCUT2D eigenvalue weighted by Crippen LogP contribution is 2.49. The molecule has 1 rings (SSSR count). The van der Waals surface area contributed by atoms with Crippen molar-refractivity contribution in [2.24, 2.45) is 11.7 Å². The number of carbonyl (C=O) groups excluding carboxylic acids is 2. The van der Waals surface area contributed by atoms with Gasteiger partial charge in [0, 0.05) is 10.0 Å². The molecule has 1 aliphatic rings. The summed E-state index contributed by atoms with van der Waals surface area (Å²) in [6.45, 7) is 1.51. The molecule has 4 N–H and O–H groups in total. The number of rotatable bonds is 3. The van der Waals surface area contributed by atoms with Crippen LogP contribution in [0, 0.1) is 5.92 Å². The first-order valence-electron chi connectivity index (χ1n) is 5.50. The predicted octanol–water partition coefficient (Wildman–Crippen LogP) is 1.60. The number of carboxylic acid groups (broad SMARTS) is 1. The molecule has 2 atom stereocenters. The van der Waals surface area contributed by atoms with Crippen LogP contribution in [-0.4, -0.2) is 31.7 Å². The van der Waals surface area contributed by atoms with Gasteiger partial charge in [-0.1, -0.05) is 6.92 Å². The Morgan fingerprint density at radius 2 is 1.90 bits per heavy atom. The normalized spacial score (nSPS) is 25.9. The van der Waals surface area contributed by atoms with Crippen LogP contribution >= 0.6 is 67.8 Å². The third-order valence-corrected chi connectivity index (χ3v) is 6.14. The second-order valence-corrected chi connectivity index (χ2v) is 7.89. The van der Waals surface area contributed by atoms with Gasteiger partial charge in [0.1, 0.15) is 5.92 Å². The molecule has 0 radical (unpaired) electrons. The van der Waals surface area contributed by atoms with Crippen molar-refractivity contribution >= 4 is 85.7 Å². The third kappa shape index (κ3) is 3.69. The first-order chi connectivity index (χ1) is 9.55. The number of hydrogen-bond donors (Lipinski definition) is 3. The molecule has 0 heterocycles. The zero-order valence-electron chi connectivity index (χ0n) is 10.5. The minimum absolute atomic E-state index is 0.0208. The van der Waals surface area contributed by atoms with E-state index in [1.807, 2.05) is 0 Å². The summed E-state index contributed by atoms with van der Waals surface area (Å²) in [6, 6.07) is 0. The Bertz CT molecular complexity index is 581. The number of carboxylic acids is 1. The van der Waals surface area contributed by atoms with Crippen LogP contribution in [0.3, 0.4) is 0 Å². The van der Waals surface area contributed by atoms with Crippen molar-refractivity contribution in [1.29, 1.82) is 0 Å². The molecule has 0 spiro atoms. The van der Waals surface area contributed by atoms with E-state index >= 15 is 0 Å². The van der Waals surface area contributed by atoms with Crippen molar-refractivity contribution in [3.63, 3.8) is 0 Å². The Balaban J connectivity index is 3.38. The number of aliphatic hydroxyl groups is 1. The predicted molar refractivity (Wildman–Crippen MR) is 97.8 cm³/mol. The molecule has 10 heteroatoms. The molecule has 1 aliphatic carbocycles. The van der Waals surface area contributed by atoms with Crippen LogP contribution in [0.2, 0.25) is 0 Å². The lowest BCUT2D eigenvalue weighted by atomic mass is 9.89. The Kier molecular flexibility index (Phi) is 6.43. The summed E-state index contributed by atoms with van der Waals surface area (Å²) in [4.78, 5) is 34.7. The fraction of sp³-hybridized carbons (Fsp3) is 0.364. The Morgan fingerprint density at radius 3 is 2.33 bits per heavy atom. The summed E-state index contributed by atoms with van der Waals surface area (Å²) < 4.78 is 2.91. The molecule has 0 bridgehead atoms. The fourth-order valence-corrected chi connectivity index (χ4v) is 6.21. The molecule has 116 valence electrons. The van der Waals surface area contributed by atoms with E-state index in [1.165, 1.54) is 29.5 Å². The summed E-state index contributed by atoms with van der Waals surface area (Å²) >= 11 is 4.88. The highest BCUT2D eigenvalue weighted by molar-refractivity contribution is 14.1. The van der Waals surface area contributed by atoms with Crippen LogP contribution in [0.25, 0.3) is 0 Å². The van der Waals surface area contributed by atoms with Crippen LogP contribution in [0.5, 0.6) is 0 Å². The number of allylic oxidation sites excluding steroid dienone is 1. The minimum atomic E-state index is -2.06. The van der Waals surface area contributed by atoms with Gasteiger partial charge in [0.2, 0.25) is 0 Å². The molecular weight excluding hydrogens is 623 g/mol. The second-order valence-electron chi connectivity index (χ2n) is 4.01. The van der Waals surface area contributed by atoms with Gasteiger partial charge >= 0.3 is 17.9 Å². The quantitative estimate of drug-likeness (QED) is 0.187. The van der Waals surface area contributed by atoms with E-state index in [0.29, 0.717) is 0 Å². The van der Waals surface area contributed by atoms with Crippen molar-refractivity contribution in [3.8, 4) is 0 Å². The first-order valence-corrected chi connectivity index (χ1v) is 8.74. The lowest BCUT2D eigenvalue weighted by Gasteiger charge is -2.34. The molecule has 0 aromatic rings. The van der Waals surface area contributed by atoms with Crippen LogP contribution in [0.4, 0.5) is 0 Å². The number of nitrogens with two attached hydrogens (primary N) is 1. The maximum Gasteiger partial charge on any atom is 0.336 e. The van der Waals surface area contributed by atoms with Gasteiger partial charge in [0.15, 0.2) is 3.61 Å². The van der Waals surface area contributed by atoms with Gasteiger partial charge in [-0.15, -0.1) is 0 Å². The highest BCUT2D eigenvalue weighted by atomic mass is 127. The molecule has 0 fully saturated rings. The van der Waals surface area contributed by atoms with Gasteiger partial charge in [-0.2, -0.15) is 0 Å². The van der Waals surface area contributed by atoms with Gasteiger partial charge in [-0.05, 0) is 67.8 Å². The van der Waals surface area contributed by atoms with Crippen LogP contribution in [0.1, 0.15) is 13.3 Å². The summed E-state index contributed by atoms with van der Waals surface area (Å²) in [5.74, 6) is -4.58. The van der Waals surface area contributed by atoms with E-state index in [0.717, 1.165) is 0 Å². The number of esters is 2. The number of ether oxygens (including phenoxy) is 1. The van der Waals surface area contributed by atoms with Crippen molar-refractivity contribution < 1.29 is 29.3 Å². The van der Waals surface area contributed by atoms with Gasteiger partial charge in [0.25, 0.3) is 0 Å². The Hall–Kier alpha value is 0.0400. The summed E-state index contributed by atoms with van der Waals surface area (Å²) in [5.41, 5.74) is 5.46. The molecule has 0 aromatic carbocycles. The maximum absolute atomic E-state index is 12.1. The summed E-state index contributed by atoms with van der Waals surface area (Å²) in [5, 5.41) is 19.8. The Labute approximate surface area is 160 Å². The molecule has 21 heavy (non-hydrogen) atoms. The van der Waals surface area contributed by atoms with Gasteiger partial charge in [-0.3, -0.25) is 9.59 Å². The summed E-state index contributed by atoms with van der Waals surface area (Å²) in [7, 11) is 0. The van der Waals surface area contributed by atoms with Crippen LogP contribution in [0.15, 0.2) is 18.4 Å². The van der Waals surface area contributed by atoms with E-state index < -0.39 is 33.0 Å². The van der Waals surface area contributed by atoms with Crippen LogP contribution in [-0.2, 0) is 19.1 Å².